The molecule has 1 unspecified atom stereocenters. The number of nitrogens with zero attached hydrogens (tertiary/aromatic N) is 5. The van der Waals surface area contributed by atoms with Crippen LogP contribution in [0.15, 0.2) is 53.6 Å². The van der Waals surface area contributed by atoms with Crippen molar-refractivity contribution < 1.29 is 12.8 Å². The van der Waals surface area contributed by atoms with E-state index < -0.39 is 22.4 Å². The largest absolute Gasteiger partial charge is 0.382 e. The maximum absolute atomic E-state index is 12.8. The predicted molar refractivity (Wildman–Crippen MR) is 138 cm³/mol. The number of rotatable bonds is 7. The summed E-state index contributed by atoms with van der Waals surface area (Å²) in [7, 11) is -3.49. The number of nitrogens with two attached hydrogens (primary N) is 1. The van der Waals surface area contributed by atoms with Crippen LogP contribution in [0.5, 0.6) is 0 Å². The molecule has 4 heterocycles. The SMILES string of the molecule is CC(C)NC1=CC(N)(c2ccnc(-c3cnn(S(=O)(=O)C4CC4)c3)n2)NC=C1C#Cc1csc(CF)n1. The second-order valence-electron chi connectivity index (χ2n) is 9.05. The summed E-state index contributed by atoms with van der Waals surface area (Å²) < 4.78 is 38.8. The van der Waals surface area contributed by atoms with E-state index in [9.17, 15) is 12.8 Å². The second kappa shape index (κ2) is 9.70. The Morgan fingerprint density at radius 3 is 2.86 bits per heavy atom. The summed E-state index contributed by atoms with van der Waals surface area (Å²) in [5.74, 6) is 6.34. The first-order valence-electron chi connectivity index (χ1n) is 11.6. The lowest BCUT2D eigenvalue weighted by molar-refractivity contribution is 0.466. The third kappa shape index (κ3) is 5.27. The third-order valence-electron chi connectivity index (χ3n) is 5.66. The molecule has 1 saturated carbocycles. The standard InChI is InChI=1S/C24H25FN8O2S2/c1-15(2)30-20-9-24(26,28-11-16(20)3-4-18-14-36-22(10-25)31-18)21-7-8-27-23(32-21)17-12-29-33(13-17)37(34,35)19-5-6-19/h7-9,11-15,19,28,30H,5-6,10,26H2,1-2H3. The lowest BCUT2D eigenvalue weighted by Crippen LogP contribution is -2.50. The highest BCUT2D eigenvalue weighted by atomic mass is 32.2. The van der Waals surface area contributed by atoms with Crippen LogP contribution >= 0.6 is 11.3 Å². The smallest absolute Gasteiger partial charge is 0.256 e. The highest BCUT2D eigenvalue weighted by Crippen LogP contribution is 2.30. The number of thiazole rings is 1. The van der Waals surface area contributed by atoms with E-state index in [2.05, 4.69) is 42.5 Å². The van der Waals surface area contributed by atoms with Crippen LogP contribution in [-0.4, -0.2) is 43.8 Å². The number of hydrogen-bond donors (Lipinski definition) is 3. The highest BCUT2D eigenvalue weighted by molar-refractivity contribution is 7.90. The van der Waals surface area contributed by atoms with E-state index in [1.54, 1.807) is 29.9 Å². The van der Waals surface area contributed by atoms with Gasteiger partial charge in [-0.25, -0.2) is 27.8 Å². The van der Waals surface area contributed by atoms with Gasteiger partial charge in [-0.1, -0.05) is 5.92 Å². The summed E-state index contributed by atoms with van der Waals surface area (Å²) in [5.41, 5.74) is 8.32. The van der Waals surface area contributed by atoms with E-state index in [0.29, 0.717) is 51.9 Å². The summed E-state index contributed by atoms with van der Waals surface area (Å²) in [6.07, 6.45) is 9.19. The van der Waals surface area contributed by atoms with E-state index >= 15 is 0 Å². The van der Waals surface area contributed by atoms with Gasteiger partial charge in [-0.3, -0.25) is 0 Å². The lowest BCUT2D eigenvalue weighted by atomic mass is 9.98. The number of dihydropyridines is 1. The number of nitrogens with one attached hydrogen (secondary N) is 2. The zero-order valence-corrected chi connectivity index (χ0v) is 21.8. The van der Waals surface area contributed by atoms with Gasteiger partial charge in [0.15, 0.2) is 11.5 Å². The second-order valence-corrected chi connectivity index (χ2v) is 12.1. The van der Waals surface area contributed by atoms with Crippen LogP contribution in [0.1, 0.15) is 43.1 Å². The normalized spacial score (nSPS) is 19.5. The number of hydrogen-bond acceptors (Lipinski definition) is 10. The Bertz CT molecular complexity index is 1560. The molecule has 2 aliphatic rings. The van der Waals surface area contributed by atoms with Crippen molar-refractivity contribution in [2.45, 2.75) is 50.3 Å². The number of halogens is 1. The average molecular weight is 541 g/mol. The van der Waals surface area contributed by atoms with Crippen LogP contribution in [-0.2, 0) is 22.4 Å². The van der Waals surface area contributed by atoms with Crippen LogP contribution in [0, 0.1) is 11.8 Å². The van der Waals surface area contributed by atoms with Gasteiger partial charge in [0.2, 0.25) is 0 Å². The van der Waals surface area contributed by atoms with Gasteiger partial charge in [0, 0.05) is 23.8 Å². The first-order valence-corrected chi connectivity index (χ1v) is 14.0. The molecule has 1 atom stereocenters. The van der Waals surface area contributed by atoms with Crippen molar-refractivity contribution in [1.29, 1.82) is 0 Å². The minimum Gasteiger partial charge on any atom is -0.382 e. The first-order chi connectivity index (χ1) is 17.7. The maximum atomic E-state index is 12.8. The predicted octanol–water partition coefficient (Wildman–Crippen LogP) is 2.14. The van der Waals surface area contributed by atoms with Crippen molar-refractivity contribution in [3.63, 3.8) is 0 Å². The molecule has 5 rings (SSSR count). The highest BCUT2D eigenvalue weighted by Gasteiger charge is 2.38. The molecule has 0 spiro atoms. The van der Waals surface area contributed by atoms with Crippen LogP contribution in [0.2, 0.25) is 0 Å². The molecule has 0 saturated heterocycles. The van der Waals surface area contributed by atoms with E-state index in [1.165, 1.54) is 23.7 Å². The Hall–Kier alpha value is -3.60. The Morgan fingerprint density at radius 2 is 2.16 bits per heavy atom. The quantitative estimate of drug-likeness (QED) is 0.384. The maximum Gasteiger partial charge on any atom is 0.256 e. The molecular weight excluding hydrogens is 515 g/mol. The monoisotopic (exact) mass is 540 g/mol. The van der Waals surface area contributed by atoms with Crippen LogP contribution in [0.4, 0.5) is 4.39 Å². The summed E-state index contributed by atoms with van der Waals surface area (Å²) in [6.45, 7) is 3.37. The third-order valence-corrected chi connectivity index (χ3v) is 8.51. The molecule has 0 bridgehead atoms. The van der Waals surface area contributed by atoms with Crippen LogP contribution < -0.4 is 16.4 Å². The fourth-order valence-corrected chi connectivity index (χ4v) is 5.72. The molecule has 1 aliphatic carbocycles. The van der Waals surface area contributed by atoms with E-state index in [1.807, 2.05) is 13.8 Å². The molecule has 0 aromatic carbocycles. The summed E-state index contributed by atoms with van der Waals surface area (Å²) >= 11 is 1.22. The first kappa shape index (κ1) is 25.1. The van der Waals surface area contributed by atoms with Crippen molar-refractivity contribution in [2.75, 3.05) is 0 Å². The Labute approximate surface area is 218 Å². The van der Waals surface area contributed by atoms with E-state index in [4.69, 9.17) is 5.73 Å². The Balaban J connectivity index is 1.43. The molecule has 1 fully saturated rings. The van der Waals surface area contributed by atoms with Crippen molar-refractivity contribution >= 4 is 21.4 Å². The molecule has 0 radical (unpaired) electrons. The van der Waals surface area contributed by atoms with Gasteiger partial charge >= 0.3 is 0 Å². The summed E-state index contributed by atoms with van der Waals surface area (Å²) in [5, 5.41) is 12.3. The van der Waals surface area contributed by atoms with Crippen molar-refractivity contribution in [2.24, 2.45) is 5.73 Å². The van der Waals surface area contributed by atoms with Gasteiger partial charge < -0.3 is 16.4 Å². The van der Waals surface area contributed by atoms with Gasteiger partial charge in [-0.05, 0) is 44.8 Å². The van der Waals surface area contributed by atoms with Crippen molar-refractivity contribution in [3.8, 4) is 23.2 Å². The number of aromatic nitrogens is 5. The van der Waals surface area contributed by atoms with Gasteiger partial charge in [-0.2, -0.15) is 9.19 Å². The Morgan fingerprint density at radius 1 is 1.35 bits per heavy atom. The van der Waals surface area contributed by atoms with Crippen molar-refractivity contribution in [3.05, 3.63) is 70.0 Å². The molecule has 4 N–H and O–H groups in total. The van der Waals surface area contributed by atoms with Gasteiger partial charge in [0.1, 0.15) is 17.4 Å². The molecular formula is C24H25FN8O2S2. The summed E-state index contributed by atoms with van der Waals surface area (Å²) in [6, 6.07) is 1.78. The molecule has 13 heteroatoms. The zero-order valence-electron chi connectivity index (χ0n) is 20.1. The van der Waals surface area contributed by atoms with Gasteiger partial charge in [-0.15, -0.1) is 11.3 Å². The average Bonchev–Trinajstić information content (AvgIpc) is 3.44. The molecule has 3 aromatic heterocycles. The zero-order chi connectivity index (χ0) is 26.2. The number of allylic oxidation sites excluding steroid dienone is 1. The lowest BCUT2D eigenvalue weighted by Gasteiger charge is -2.32. The molecule has 10 nitrogen and oxygen atoms in total. The topological polar surface area (TPSA) is 141 Å². The fourth-order valence-electron chi connectivity index (χ4n) is 3.67. The van der Waals surface area contributed by atoms with Crippen LogP contribution in [0.3, 0.4) is 0 Å². The molecule has 192 valence electrons. The Kier molecular flexibility index (Phi) is 6.57. The van der Waals surface area contributed by atoms with Crippen molar-refractivity contribution in [1.82, 2.24) is 34.8 Å². The molecule has 0 amide bonds. The van der Waals surface area contributed by atoms with Crippen LogP contribution in [0.25, 0.3) is 11.4 Å². The van der Waals surface area contributed by atoms with Gasteiger partial charge in [0.25, 0.3) is 10.0 Å². The van der Waals surface area contributed by atoms with E-state index in [0.717, 1.165) is 4.09 Å². The minimum absolute atomic E-state index is 0.0939. The summed E-state index contributed by atoms with van der Waals surface area (Å²) in [4.78, 5) is 13.0. The molecule has 3 aromatic rings. The number of alkyl halides is 1. The minimum atomic E-state index is -3.49. The molecule has 1 aliphatic heterocycles. The van der Waals surface area contributed by atoms with E-state index in [-0.39, 0.29) is 11.3 Å². The fraction of sp³-hybridized carbons (Fsp3) is 0.333. The molecule has 37 heavy (non-hydrogen) atoms. The van der Waals surface area contributed by atoms with Gasteiger partial charge in [0.05, 0.1) is 40.2 Å².